The van der Waals surface area contributed by atoms with Crippen LogP contribution >= 0.6 is 0 Å². The molecule has 2 fully saturated rings. The van der Waals surface area contributed by atoms with Gasteiger partial charge in [0.2, 0.25) is 0 Å². The van der Waals surface area contributed by atoms with Crippen LogP contribution in [0, 0.1) is 0 Å². The van der Waals surface area contributed by atoms with Crippen LogP contribution in [0.2, 0.25) is 0 Å². The van der Waals surface area contributed by atoms with Crippen molar-refractivity contribution in [2.45, 2.75) is 84.2 Å². The Morgan fingerprint density at radius 3 is 2.44 bits per heavy atom. The summed E-state index contributed by atoms with van der Waals surface area (Å²) in [6.07, 6.45) is 5.09. The molecule has 0 aromatic carbocycles. The smallest absolute Gasteiger partial charge is 0.399 e. The van der Waals surface area contributed by atoms with Gasteiger partial charge in [-0.15, -0.1) is 0 Å². The van der Waals surface area contributed by atoms with E-state index in [9.17, 15) is 0 Å². The number of hydrogen-bond donors (Lipinski definition) is 0. The molecule has 2 aromatic rings. The van der Waals surface area contributed by atoms with E-state index in [1.54, 1.807) is 0 Å². The van der Waals surface area contributed by atoms with E-state index in [-0.39, 0.29) is 17.4 Å². The first-order valence-electron chi connectivity index (χ1n) is 10.0. The molecule has 27 heavy (non-hydrogen) atoms. The molecule has 4 rings (SSSR count). The molecule has 0 amide bonds. The first-order valence-corrected chi connectivity index (χ1v) is 10.0. The largest absolute Gasteiger partial charge is 0.496 e. The van der Waals surface area contributed by atoms with Crippen LogP contribution in [0.4, 0.5) is 0 Å². The van der Waals surface area contributed by atoms with Gasteiger partial charge in [0.25, 0.3) is 0 Å². The van der Waals surface area contributed by atoms with Crippen LogP contribution in [0.15, 0.2) is 12.3 Å². The van der Waals surface area contributed by atoms with Crippen molar-refractivity contribution < 1.29 is 14.0 Å². The van der Waals surface area contributed by atoms with E-state index in [1.807, 2.05) is 10.9 Å². The molecule has 2 aromatic heterocycles. The maximum absolute atomic E-state index is 6.21. The van der Waals surface area contributed by atoms with E-state index in [1.165, 1.54) is 0 Å². The van der Waals surface area contributed by atoms with Crippen LogP contribution in [0.1, 0.15) is 78.6 Å². The molecule has 4 heterocycles. The van der Waals surface area contributed by atoms with Crippen molar-refractivity contribution in [3.63, 3.8) is 0 Å². The van der Waals surface area contributed by atoms with Gasteiger partial charge in [0.05, 0.1) is 16.9 Å². The Morgan fingerprint density at radius 1 is 1.15 bits per heavy atom. The highest BCUT2D eigenvalue weighted by Gasteiger charge is 2.52. The van der Waals surface area contributed by atoms with E-state index in [0.29, 0.717) is 5.92 Å². The summed E-state index contributed by atoms with van der Waals surface area (Å²) >= 11 is 0. The minimum Gasteiger partial charge on any atom is -0.399 e. The molecule has 0 bridgehead atoms. The molecule has 0 saturated carbocycles. The van der Waals surface area contributed by atoms with Crippen LogP contribution in [0.5, 0.6) is 0 Å². The molecule has 146 valence electrons. The lowest BCUT2D eigenvalue weighted by Gasteiger charge is -2.32. The second-order valence-electron chi connectivity index (χ2n) is 9.03. The average Bonchev–Trinajstić information content (AvgIpc) is 3.10. The maximum Gasteiger partial charge on any atom is 0.496 e. The van der Waals surface area contributed by atoms with Gasteiger partial charge in [0.15, 0.2) is 11.9 Å². The van der Waals surface area contributed by atoms with Gasteiger partial charge in [-0.1, -0.05) is 13.8 Å². The Kier molecular flexibility index (Phi) is 4.60. The van der Waals surface area contributed by atoms with Crippen molar-refractivity contribution in [1.82, 2.24) is 14.8 Å². The third kappa shape index (κ3) is 3.20. The van der Waals surface area contributed by atoms with Gasteiger partial charge >= 0.3 is 7.12 Å². The first kappa shape index (κ1) is 18.9. The Morgan fingerprint density at radius 2 is 1.85 bits per heavy atom. The van der Waals surface area contributed by atoms with Crippen LogP contribution in [0.3, 0.4) is 0 Å². The average molecular weight is 371 g/mol. The fourth-order valence-electron chi connectivity index (χ4n) is 3.71. The van der Waals surface area contributed by atoms with Crippen LogP contribution < -0.4 is 5.46 Å². The summed E-state index contributed by atoms with van der Waals surface area (Å²) in [7, 11) is -0.416. The van der Waals surface area contributed by atoms with Gasteiger partial charge < -0.3 is 14.0 Å². The highest BCUT2D eigenvalue weighted by atomic mass is 16.7. The molecular formula is C20H30BN3O3. The lowest BCUT2D eigenvalue weighted by Crippen LogP contribution is -2.41. The number of fused-ring (bicyclic) bond motifs is 1. The summed E-state index contributed by atoms with van der Waals surface area (Å²) in [5, 5.41) is 5.95. The lowest BCUT2D eigenvalue weighted by atomic mass is 9.79. The highest BCUT2D eigenvalue weighted by Crippen LogP contribution is 2.37. The van der Waals surface area contributed by atoms with Crippen LogP contribution in [-0.4, -0.2) is 39.7 Å². The molecule has 1 atom stereocenters. The van der Waals surface area contributed by atoms with Crippen molar-refractivity contribution >= 4 is 23.6 Å². The topological polar surface area (TPSA) is 58.4 Å². The van der Waals surface area contributed by atoms with Crippen molar-refractivity contribution in [2.75, 3.05) is 6.61 Å². The molecular weight excluding hydrogens is 341 g/mol. The molecule has 2 aliphatic rings. The standard InChI is InChI=1S/C20H30BN3O3/c1-13(2)17-15-11-14(21-26-19(3,4)20(5,6)27-21)12-22-18(15)24(23-17)16-9-7-8-10-25-16/h11-13,16H,7-10H2,1-6H3. The van der Waals surface area contributed by atoms with Gasteiger partial charge in [-0.25, -0.2) is 9.67 Å². The van der Waals surface area contributed by atoms with E-state index >= 15 is 0 Å². The Balaban J connectivity index is 1.75. The summed E-state index contributed by atoms with van der Waals surface area (Å²) in [4.78, 5) is 4.76. The Bertz CT molecular complexity index is 824. The highest BCUT2D eigenvalue weighted by molar-refractivity contribution is 6.62. The predicted octanol–water partition coefficient (Wildman–Crippen LogP) is 3.55. The zero-order valence-corrected chi connectivity index (χ0v) is 17.3. The van der Waals surface area contributed by atoms with Gasteiger partial charge in [-0.05, 0) is 58.9 Å². The molecule has 0 N–H and O–H groups in total. The molecule has 7 heteroatoms. The Labute approximate surface area is 161 Å². The summed E-state index contributed by atoms with van der Waals surface area (Å²) in [5.74, 6) is 0.299. The summed E-state index contributed by atoms with van der Waals surface area (Å²) in [6, 6.07) is 2.13. The molecule has 0 aliphatic carbocycles. The predicted molar refractivity (Wildman–Crippen MR) is 106 cm³/mol. The van der Waals surface area contributed by atoms with E-state index in [2.05, 4.69) is 47.6 Å². The second kappa shape index (κ2) is 6.57. The molecule has 2 aliphatic heterocycles. The van der Waals surface area contributed by atoms with E-state index < -0.39 is 7.12 Å². The fourth-order valence-corrected chi connectivity index (χ4v) is 3.71. The van der Waals surface area contributed by atoms with Crippen LogP contribution in [-0.2, 0) is 14.0 Å². The monoisotopic (exact) mass is 371 g/mol. The summed E-state index contributed by atoms with van der Waals surface area (Å²) in [5.41, 5.74) is 2.13. The summed E-state index contributed by atoms with van der Waals surface area (Å²) < 4.78 is 20.3. The van der Waals surface area contributed by atoms with Crippen molar-refractivity contribution in [3.05, 3.63) is 18.0 Å². The van der Waals surface area contributed by atoms with Gasteiger partial charge in [0.1, 0.15) is 0 Å². The van der Waals surface area contributed by atoms with Crippen molar-refractivity contribution in [3.8, 4) is 0 Å². The fraction of sp³-hybridized carbons (Fsp3) is 0.700. The van der Waals surface area contributed by atoms with Gasteiger partial charge in [-0.2, -0.15) is 5.10 Å². The number of pyridine rings is 1. The quantitative estimate of drug-likeness (QED) is 0.773. The molecule has 1 unspecified atom stereocenters. The van der Waals surface area contributed by atoms with E-state index in [0.717, 1.165) is 48.1 Å². The summed E-state index contributed by atoms with van der Waals surface area (Å²) in [6.45, 7) is 13.4. The number of rotatable bonds is 3. The number of aromatic nitrogens is 3. The van der Waals surface area contributed by atoms with Gasteiger partial charge in [0, 0.05) is 23.7 Å². The maximum atomic E-state index is 6.21. The number of nitrogens with zero attached hydrogens (tertiary/aromatic N) is 3. The molecule has 0 radical (unpaired) electrons. The zero-order valence-electron chi connectivity index (χ0n) is 17.3. The van der Waals surface area contributed by atoms with E-state index in [4.69, 9.17) is 24.1 Å². The molecule has 0 spiro atoms. The Hall–Kier alpha value is -1.44. The zero-order chi connectivity index (χ0) is 19.4. The first-order chi connectivity index (χ1) is 12.7. The van der Waals surface area contributed by atoms with Crippen LogP contribution in [0.25, 0.3) is 11.0 Å². The normalized spacial score (nSPS) is 24.9. The van der Waals surface area contributed by atoms with Crippen molar-refractivity contribution in [2.24, 2.45) is 0 Å². The minimum absolute atomic E-state index is 0.0241. The SMILES string of the molecule is CC(C)c1nn(C2CCCCO2)c2ncc(B3OC(C)(C)C(C)(C)O3)cc12. The van der Waals surface area contributed by atoms with Gasteiger partial charge in [-0.3, -0.25) is 0 Å². The molecule has 2 saturated heterocycles. The number of ether oxygens (including phenoxy) is 1. The lowest BCUT2D eigenvalue weighted by molar-refractivity contribution is -0.0372. The van der Waals surface area contributed by atoms with Crippen molar-refractivity contribution in [1.29, 1.82) is 0 Å². The molecule has 6 nitrogen and oxygen atoms in total. The number of hydrogen-bond acceptors (Lipinski definition) is 5. The third-order valence-electron chi connectivity index (χ3n) is 6.10. The minimum atomic E-state index is -0.416. The second-order valence-corrected chi connectivity index (χ2v) is 9.03. The third-order valence-corrected chi connectivity index (χ3v) is 6.10.